The molecule has 0 saturated carbocycles. The highest BCUT2D eigenvalue weighted by molar-refractivity contribution is 5.88. The molecule has 1 saturated heterocycles. The highest BCUT2D eigenvalue weighted by Gasteiger charge is 2.41. The number of fused-ring (bicyclic) bond motifs is 1. The van der Waals surface area contributed by atoms with Crippen LogP contribution in [0.2, 0.25) is 0 Å². The van der Waals surface area contributed by atoms with E-state index in [0.29, 0.717) is 12.5 Å². The Labute approximate surface area is 273 Å². The first-order valence-electron chi connectivity index (χ1n) is 16.6. The zero-order valence-electron chi connectivity index (χ0n) is 28.2. The molecule has 250 valence electrons. The number of para-hydroxylation sites is 1. The minimum atomic E-state index is -0.916. The second kappa shape index (κ2) is 16.7. The van der Waals surface area contributed by atoms with E-state index in [-0.39, 0.29) is 49.3 Å². The molecule has 0 spiro atoms. The summed E-state index contributed by atoms with van der Waals surface area (Å²) in [6, 6.07) is 16.1. The summed E-state index contributed by atoms with van der Waals surface area (Å²) in [5, 5.41) is 3.97. The molecule has 1 aliphatic rings. The van der Waals surface area contributed by atoms with Crippen LogP contribution >= 0.6 is 0 Å². The van der Waals surface area contributed by atoms with Gasteiger partial charge in [-0.1, -0.05) is 82.6 Å². The highest BCUT2D eigenvalue weighted by Crippen LogP contribution is 2.30. The summed E-state index contributed by atoms with van der Waals surface area (Å²) in [7, 11) is 3.25. The predicted octanol–water partition coefficient (Wildman–Crippen LogP) is 5.67. The molecule has 1 fully saturated rings. The Hall–Kier alpha value is -3.69. The summed E-state index contributed by atoms with van der Waals surface area (Å²) in [5.41, 5.74) is 2.72. The Balaban J connectivity index is 1.48. The first-order valence-corrected chi connectivity index (χ1v) is 16.6. The molecule has 2 amide bonds. The summed E-state index contributed by atoms with van der Waals surface area (Å²) in [6.45, 7) is 8.99. The van der Waals surface area contributed by atoms with Crippen LogP contribution in [-0.4, -0.2) is 72.7 Å². The minimum absolute atomic E-state index is 0.0147. The number of H-pyrrole nitrogens is 1. The van der Waals surface area contributed by atoms with Gasteiger partial charge in [-0.3, -0.25) is 9.59 Å². The summed E-state index contributed by atoms with van der Waals surface area (Å²) in [4.78, 5) is 46.1. The molecule has 9 nitrogen and oxygen atoms in total. The molecule has 0 bridgehead atoms. The lowest BCUT2D eigenvalue weighted by Gasteiger charge is -2.35. The fraction of sp³-hybridized carbons (Fsp3) is 0.541. The van der Waals surface area contributed by atoms with Gasteiger partial charge in [0.15, 0.2) is 0 Å². The van der Waals surface area contributed by atoms with E-state index in [2.05, 4.69) is 31.1 Å². The average molecular weight is 634 g/mol. The number of likely N-dealkylation sites (tertiary alicyclic amines) is 1. The van der Waals surface area contributed by atoms with Gasteiger partial charge in [-0.15, -0.1) is 0 Å². The van der Waals surface area contributed by atoms with Gasteiger partial charge in [0.2, 0.25) is 11.8 Å². The van der Waals surface area contributed by atoms with Crippen molar-refractivity contribution in [3.8, 4) is 0 Å². The van der Waals surface area contributed by atoms with Crippen molar-refractivity contribution in [2.45, 2.75) is 90.7 Å². The Bertz CT molecular complexity index is 1420. The van der Waals surface area contributed by atoms with Crippen LogP contribution in [0.15, 0.2) is 60.8 Å². The predicted molar refractivity (Wildman–Crippen MR) is 179 cm³/mol. The van der Waals surface area contributed by atoms with Crippen LogP contribution in [0.5, 0.6) is 0 Å². The number of nitrogens with zero attached hydrogens (tertiary/aromatic N) is 1. The van der Waals surface area contributed by atoms with E-state index in [4.69, 9.17) is 14.2 Å². The summed E-state index contributed by atoms with van der Waals surface area (Å²) >= 11 is 0. The van der Waals surface area contributed by atoms with Gasteiger partial charge in [-0.05, 0) is 41.9 Å². The number of carbonyl (C=O) groups excluding carboxylic acids is 3. The average Bonchev–Trinajstić information content (AvgIpc) is 3.73. The van der Waals surface area contributed by atoms with Gasteiger partial charge in [0.1, 0.15) is 12.6 Å². The lowest BCUT2D eigenvalue weighted by atomic mass is 9.87. The minimum Gasteiger partial charge on any atom is -0.459 e. The van der Waals surface area contributed by atoms with Crippen LogP contribution in [0.25, 0.3) is 10.9 Å². The number of nitrogens with one attached hydrogen (secondary N) is 2. The highest BCUT2D eigenvalue weighted by atomic mass is 16.5. The van der Waals surface area contributed by atoms with E-state index in [1.54, 1.807) is 21.1 Å². The maximum absolute atomic E-state index is 13.8. The number of amides is 2. The molecule has 46 heavy (non-hydrogen) atoms. The molecule has 0 aliphatic carbocycles. The number of aromatic nitrogens is 1. The Morgan fingerprint density at radius 3 is 2.41 bits per heavy atom. The standard InChI is InChI=1S/C37H51N3O6/c1-7-24(2)25(3)33(44-5)21-34(41)40-19-13-18-32(40)35(45-6)26(4)36(42)39-31(37(43)46-23-27-14-9-8-10-15-27)20-28-22-38-30-17-12-11-16-29(28)30/h8-12,14-17,22,24-26,31-33,35,38H,7,13,18-21,23H2,1-6H3,(H,39,42)/t24?,25-,26?,31-,32-,33?,35?/m0/s1. The third-order valence-electron chi connectivity index (χ3n) is 9.91. The molecule has 4 unspecified atom stereocenters. The SMILES string of the molecule is CCC(C)[C@H](C)C(CC(=O)N1CCC[C@H]1C(OC)C(C)C(=O)N[C@@H](Cc1c[nH]c2ccccc12)C(=O)OCc1ccccc1)OC. The lowest BCUT2D eigenvalue weighted by molar-refractivity contribution is -0.150. The molecule has 9 heteroatoms. The molecular weight excluding hydrogens is 582 g/mol. The second-order valence-electron chi connectivity index (χ2n) is 12.7. The van der Waals surface area contributed by atoms with E-state index in [9.17, 15) is 14.4 Å². The number of carbonyl (C=O) groups is 3. The van der Waals surface area contributed by atoms with E-state index in [1.807, 2.05) is 65.7 Å². The summed E-state index contributed by atoms with van der Waals surface area (Å²) in [5.74, 6) is -0.790. The van der Waals surface area contributed by atoms with E-state index >= 15 is 0 Å². The van der Waals surface area contributed by atoms with E-state index in [0.717, 1.165) is 41.3 Å². The normalized spacial score (nSPS) is 18.8. The van der Waals surface area contributed by atoms with Gasteiger partial charge in [0, 0.05) is 44.3 Å². The molecule has 1 aliphatic heterocycles. The van der Waals surface area contributed by atoms with Crippen LogP contribution in [0, 0.1) is 17.8 Å². The first kappa shape index (κ1) is 35.2. The van der Waals surface area contributed by atoms with Crippen LogP contribution in [-0.2, 0) is 41.6 Å². The summed E-state index contributed by atoms with van der Waals surface area (Å²) < 4.78 is 17.4. The van der Waals surface area contributed by atoms with Gasteiger partial charge >= 0.3 is 5.97 Å². The maximum atomic E-state index is 13.8. The topological polar surface area (TPSA) is 110 Å². The van der Waals surface area contributed by atoms with E-state index < -0.39 is 24.0 Å². The third kappa shape index (κ3) is 8.56. The van der Waals surface area contributed by atoms with Crippen molar-refractivity contribution >= 4 is 28.7 Å². The molecule has 1 aromatic heterocycles. The molecular formula is C37H51N3O6. The van der Waals surface area contributed by atoms with Crippen molar-refractivity contribution in [2.24, 2.45) is 17.8 Å². The molecule has 2 aromatic carbocycles. The maximum Gasteiger partial charge on any atom is 0.329 e. The van der Waals surface area contributed by atoms with Gasteiger partial charge in [-0.25, -0.2) is 4.79 Å². The first-order chi connectivity index (χ1) is 22.2. The lowest BCUT2D eigenvalue weighted by Crippen LogP contribution is -2.53. The van der Waals surface area contributed by atoms with Crippen molar-refractivity contribution in [2.75, 3.05) is 20.8 Å². The number of aromatic amines is 1. The van der Waals surface area contributed by atoms with Crippen LogP contribution in [0.1, 0.15) is 64.5 Å². The smallest absolute Gasteiger partial charge is 0.329 e. The second-order valence-corrected chi connectivity index (χ2v) is 12.7. The zero-order valence-corrected chi connectivity index (χ0v) is 28.2. The molecule has 2 N–H and O–H groups in total. The number of methoxy groups -OCH3 is 2. The fourth-order valence-corrected chi connectivity index (χ4v) is 6.64. The number of rotatable bonds is 16. The largest absolute Gasteiger partial charge is 0.459 e. The van der Waals surface area contributed by atoms with Crippen LogP contribution in [0.4, 0.5) is 0 Å². The van der Waals surface area contributed by atoms with Crippen molar-refractivity contribution in [3.63, 3.8) is 0 Å². The number of benzene rings is 2. The number of ether oxygens (including phenoxy) is 3. The molecule has 4 rings (SSSR count). The number of hydrogen-bond acceptors (Lipinski definition) is 6. The quantitative estimate of drug-likeness (QED) is 0.197. The number of hydrogen-bond donors (Lipinski definition) is 2. The monoisotopic (exact) mass is 633 g/mol. The molecule has 0 radical (unpaired) electrons. The number of esters is 1. The van der Waals surface area contributed by atoms with Crippen LogP contribution < -0.4 is 5.32 Å². The Morgan fingerprint density at radius 2 is 1.72 bits per heavy atom. The molecule has 2 heterocycles. The summed E-state index contributed by atoms with van der Waals surface area (Å²) in [6.07, 6.45) is 4.26. The van der Waals surface area contributed by atoms with Crippen molar-refractivity contribution in [1.82, 2.24) is 15.2 Å². The third-order valence-corrected chi connectivity index (χ3v) is 9.91. The fourth-order valence-electron chi connectivity index (χ4n) is 6.64. The van der Waals surface area contributed by atoms with Crippen molar-refractivity contribution < 1.29 is 28.6 Å². The Kier molecular flexibility index (Phi) is 12.8. The van der Waals surface area contributed by atoms with Crippen molar-refractivity contribution in [1.29, 1.82) is 0 Å². The Morgan fingerprint density at radius 1 is 1.00 bits per heavy atom. The van der Waals surface area contributed by atoms with Crippen molar-refractivity contribution in [3.05, 3.63) is 71.9 Å². The van der Waals surface area contributed by atoms with E-state index in [1.165, 1.54) is 0 Å². The van der Waals surface area contributed by atoms with Gasteiger partial charge in [0.25, 0.3) is 0 Å². The molecule has 7 atom stereocenters. The van der Waals surface area contributed by atoms with Gasteiger partial charge in [0.05, 0.1) is 30.6 Å². The zero-order chi connectivity index (χ0) is 33.2. The molecule has 3 aromatic rings. The van der Waals surface area contributed by atoms with Gasteiger partial charge < -0.3 is 29.4 Å². The van der Waals surface area contributed by atoms with Gasteiger partial charge in [-0.2, -0.15) is 0 Å². The van der Waals surface area contributed by atoms with Crippen LogP contribution in [0.3, 0.4) is 0 Å².